The van der Waals surface area contributed by atoms with E-state index < -0.39 is 0 Å². The first-order valence-corrected chi connectivity index (χ1v) is 6.82. The van der Waals surface area contributed by atoms with Crippen molar-refractivity contribution in [2.75, 3.05) is 25.7 Å². The van der Waals surface area contributed by atoms with Gasteiger partial charge in [-0.15, -0.1) is 0 Å². The minimum atomic E-state index is -0.120. The number of anilines is 1. The van der Waals surface area contributed by atoms with Crippen LogP contribution in [0.2, 0.25) is 0 Å². The molecule has 0 atom stereocenters. The number of ether oxygens (including phenoxy) is 3. The number of aromatic nitrogens is 1. The number of benzene rings is 1. The molecule has 0 fully saturated rings. The maximum absolute atomic E-state index is 12.2. The minimum absolute atomic E-state index is 0.0172. The van der Waals surface area contributed by atoms with Crippen LogP contribution in [0.5, 0.6) is 17.2 Å². The van der Waals surface area contributed by atoms with Crippen molar-refractivity contribution in [2.24, 2.45) is 0 Å². The van der Waals surface area contributed by atoms with Gasteiger partial charge in [0.25, 0.3) is 5.91 Å². The fourth-order valence-electron chi connectivity index (χ4n) is 2.44. The molecule has 1 aromatic heterocycles. The molecular weight excluding hydrogens is 284 g/mol. The third kappa shape index (κ3) is 2.43. The van der Waals surface area contributed by atoms with E-state index in [1.807, 2.05) is 24.3 Å². The van der Waals surface area contributed by atoms with E-state index in [-0.39, 0.29) is 12.5 Å². The van der Waals surface area contributed by atoms with Crippen LogP contribution in [0.15, 0.2) is 36.5 Å². The number of carbonyl (C=O) groups excluding carboxylic acids is 1. The zero-order chi connectivity index (χ0) is 15.5. The lowest BCUT2D eigenvalue weighted by molar-refractivity contribution is -0.121. The minimum Gasteiger partial charge on any atom is -0.493 e. The number of para-hydroxylation sites is 2. The van der Waals surface area contributed by atoms with Crippen molar-refractivity contribution in [1.82, 2.24) is 4.98 Å². The molecule has 0 radical (unpaired) electrons. The van der Waals surface area contributed by atoms with Crippen molar-refractivity contribution in [3.05, 3.63) is 42.2 Å². The molecule has 1 aliphatic rings. The normalized spacial score (nSPS) is 13.4. The summed E-state index contributed by atoms with van der Waals surface area (Å²) in [5.41, 5.74) is 1.36. The van der Waals surface area contributed by atoms with Gasteiger partial charge in [-0.2, -0.15) is 0 Å². The molecule has 1 aromatic carbocycles. The predicted octanol–water partition coefficient (Wildman–Crippen LogP) is 2.02. The predicted molar refractivity (Wildman–Crippen MR) is 80.5 cm³/mol. The van der Waals surface area contributed by atoms with Crippen LogP contribution < -0.4 is 19.1 Å². The van der Waals surface area contributed by atoms with E-state index in [0.717, 1.165) is 5.69 Å². The van der Waals surface area contributed by atoms with Crippen molar-refractivity contribution in [2.45, 2.75) is 6.54 Å². The van der Waals surface area contributed by atoms with Crippen molar-refractivity contribution < 1.29 is 19.0 Å². The van der Waals surface area contributed by atoms with E-state index in [4.69, 9.17) is 14.2 Å². The quantitative estimate of drug-likeness (QED) is 0.864. The van der Waals surface area contributed by atoms with E-state index in [2.05, 4.69) is 4.98 Å². The van der Waals surface area contributed by atoms with Crippen molar-refractivity contribution in [3.8, 4) is 17.2 Å². The Bertz CT molecular complexity index is 702. The zero-order valence-electron chi connectivity index (χ0n) is 12.4. The van der Waals surface area contributed by atoms with E-state index in [0.29, 0.717) is 29.5 Å². The number of fused-ring (bicyclic) bond motifs is 1. The summed E-state index contributed by atoms with van der Waals surface area (Å²) < 4.78 is 16.1. The standard InChI is InChI=1S/C16H16N2O4/c1-20-14-7-8-17-11(16(14)21-2)9-18-12-5-3-4-6-13(12)22-10-15(18)19/h3-8H,9-10H2,1-2H3. The van der Waals surface area contributed by atoms with Crippen LogP contribution in [0, 0.1) is 0 Å². The van der Waals surface area contributed by atoms with Crippen molar-refractivity contribution >= 4 is 11.6 Å². The molecule has 1 aliphatic heterocycles. The lowest BCUT2D eigenvalue weighted by atomic mass is 10.2. The number of hydrogen-bond acceptors (Lipinski definition) is 5. The highest BCUT2D eigenvalue weighted by Crippen LogP contribution is 2.35. The zero-order valence-corrected chi connectivity index (χ0v) is 12.4. The van der Waals surface area contributed by atoms with Gasteiger partial charge in [-0.25, -0.2) is 0 Å². The molecule has 0 N–H and O–H groups in total. The summed E-state index contributed by atoms with van der Waals surface area (Å²) in [4.78, 5) is 18.2. The topological polar surface area (TPSA) is 60.9 Å². The maximum atomic E-state index is 12.2. The van der Waals surface area contributed by atoms with Crippen LogP contribution in [-0.2, 0) is 11.3 Å². The number of amides is 1. The Kier molecular flexibility index (Phi) is 3.82. The number of nitrogens with zero attached hydrogens (tertiary/aromatic N) is 2. The number of carbonyl (C=O) groups is 1. The molecule has 6 nitrogen and oxygen atoms in total. The van der Waals surface area contributed by atoms with Crippen LogP contribution in [0.4, 0.5) is 5.69 Å². The molecule has 22 heavy (non-hydrogen) atoms. The molecule has 1 amide bonds. The van der Waals surface area contributed by atoms with Crippen LogP contribution in [0.25, 0.3) is 0 Å². The summed E-state index contributed by atoms with van der Waals surface area (Å²) in [6.45, 7) is 0.308. The monoisotopic (exact) mass is 300 g/mol. The van der Waals surface area contributed by atoms with Gasteiger partial charge in [-0.1, -0.05) is 12.1 Å². The average molecular weight is 300 g/mol. The van der Waals surface area contributed by atoms with Crippen LogP contribution in [-0.4, -0.2) is 31.7 Å². The lowest BCUT2D eigenvalue weighted by Gasteiger charge is -2.29. The van der Waals surface area contributed by atoms with Gasteiger partial charge in [0.2, 0.25) is 0 Å². The smallest absolute Gasteiger partial charge is 0.265 e. The molecule has 114 valence electrons. The van der Waals surface area contributed by atoms with E-state index >= 15 is 0 Å². The second-order valence-corrected chi connectivity index (χ2v) is 4.73. The Labute approximate surface area is 128 Å². The fourth-order valence-corrected chi connectivity index (χ4v) is 2.44. The molecule has 6 heteroatoms. The van der Waals surface area contributed by atoms with Gasteiger partial charge < -0.3 is 14.2 Å². The van der Waals surface area contributed by atoms with Gasteiger partial charge in [0.15, 0.2) is 18.1 Å². The molecular formula is C16H16N2O4. The average Bonchev–Trinajstić information content (AvgIpc) is 2.57. The second-order valence-electron chi connectivity index (χ2n) is 4.73. The fraction of sp³-hybridized carbons (Fsp3) is 0.250. The highest BCUT2D eigenvalue weighted by Gasteiger charge is 2.27. The molecule has 0 aliphatic carbocycles. The first kappa shape index (κ1) is 14.2. The van der Waals surface area contributed by atoms with Crippen LogP contribution in [0.1, 0.15) is 5.69 Å². The molecule has 0 bridgehead atoms. The summed E-state index contributed by atoms with van der Waals surface area (Å²) in [6.07, 6.45) is 1.63. The highest BCUT2D eigenvalue weighted by atomic mass is 16.5. The van der Waals surface area contributed by atoms with Gasteiger partial charge in [0.1, 0.15) is 11.4 Å². The number of methoxy groups -OCH3 is 2. The number of rotatable bonds is 4. The Balaban J connectivity index is 1.98. The van der Waals surface area contributed by atoms with Gasteiger partial charge in [-0.3, -0.25) is 14.7 Å². The Hall–Kier alpha value is -2.76. The first-order chi connectivity index (χ1) is 10.7. The summed E-state index contributed by atoms with van der Waals surface area (Å²) in [5.74, 6) is 1.68. The Morgan fingerprint density at radius 1 is 1.23 bits per heavy atom. The largest absolute Gasteiger partial charge is 0.493 e. The molecule has 0 unspecified atom stereocenters. The molecule has 0 saturated carbocycles. The molecule has 3 rings (SSSR count). The first-order valence-electron chi connectivity index (χ1n) is 6.82. The van der Waals surface area contributed by atoms with E-state index in [1.165, 1.54) is 0 Å². The van der Waals surface area contributed by atoms with Crippen molar-refractivity contribution in [3.63, 3.8) is 0 Å². The Morgan fingerprint density at radius 2 is 2.05 bits per heavy atom. The molecule has 0 spiro atoms. The van der Waals surface area contributed by atoms with E-state index in [1.54, 1.807) is 31.4 Å². The lowest BCUT2D eigenvalue weighted by Crippen LogP contribution is -2.38. The number of pyridine rings is 1. The summed E-state index contributed by atoms with van der Waals surface area (Å²) >= 11 is 0. The molecule has 2 heterocycles. The summed E-state index contributed by atoms with van der Waals surface area (Å²) in [6, 6.07) is 9.14. The van der Waals surface area contributed by atoms with Gasteiger partial charge in [-0.05, 0) is 12.1 Å². The van der Waals surface area contributed by atoms with Gasteiger partial charge >= 0.3 is 0 Å². The Morgan fingerprint density at radius 3 is 2.82 bits per heavy atom. The van der Waals surface area contributed by atoms with E-state index in [9.17, 15) is 4.79 Å². The number of hydrogen-bond donors (Lipinski definition) is 0. The molecule has 2 aromatic rings. The maximum Gasteiger partial charge on any atom is 0.265 e. The van der Waals surface area contributed by atoms with Gasteiger partial charge in [0, 0.05) is 12.3 Å². The third-order valence-electron chi connectivity index (χ3n) is 3.48. The van der Waals surface area contributed by atoms with Crippen LogP contribution in [0.3, 0.4) is 0 Å². The van der Waals surface area contributed by atoms with Crippen molar-refractivity contribution in [1.29, 1.82) is 0 Å². The SMILES string of the molecule is COc1ccnc(CN2C(=O)COc3ccccc32)c1OC. The summed E-state index contributed by atoms with van der Waals surface area (Å²) in [7, 11) is 3.12. The van der Waals surface area contributed by atoms with Crippen LogP contribution >= 0.6 is 0 Å². The third-order valence-corrected chi connectivity index (χ3v) is 3.48. The van der Waals surface area contributed by atoms with Gasteiger partial charge in [0.05, 0.1) is 26.5 Å². The highest BCUT2D eigenvalue weighted by molar-refractivity contribution is 5.97. The summed E-state index contributed by atoms with van der Waals surface area (Å²) in [5, 5.41) is 0. The molecule has 0 saturated heterocycles. The second kappa shape index (κ2) is 5.93.